The third-order valence-corrected chi connectivity index (χ3v) is 5.80. The lowest BCUT2D eigenvalue weighted by Crippen LogP contribution is -2.40. The van der Waals surface area contributed by atoms with Crippen LogP contribution >= 0.6 is 0 Å². The standard InChI is InChI=1S/C20H32N4O/c1-4-12-24-18-11-10-16(22(5-2)6-3)15-17(18)19(21-24)20(25)23-13-8-7-9-14-23/h4,16H,1,5-15H2,2-3H3/t16-/m0/s1. The minimum Gasteiger partial charge on any atom is -0.337 e. The monoisotopic (exact) mass is 344 g/mol. The Bertz CT molecular complexity index is 611. The average molecular weight is 345 g/mol. The number of piperidine rings is 1. The zero-order valence-corrected chi connectivity index (χ0v) is 15.8. The molecule has 1 fully saturated rings. The highest BCUT2D eigenvalue weighted by Gasteiger charge is 2.32. The van der Waals surface area contributed by atoms with Crippen LogP contribution in [-0.4, -0.2) is 57.7 Å². The quantitative estimate of drug-likeness (QED) is 0.745. The fraction of sp³-hybridized carbons (Fsp3) is 0.700. The summed E-state index contributed by atoms with van der Waals surface area (Å²) in [6.45, 7) is 12.9. The maximum Gasteiger partial charge on any atom is 0.274 e. The van der Waals surface area contributed by atoms with E-state index < -0.39 is 0 Å². The Morgan fingerprint density at radius 1 is 1.28 bits per heavy atom. The second-order valence-electron chi connectivity index (χ2n) is 7.22. The van der Waals surface area contributed by atoms with Gasteiger partial charge in [0.25, 0.3) is 5.91 Å². The van der Waals surface area contributed by atoms with E-state index in [2.05, 4.69) is 25.3 Å². The first-order valence-corrected chi connectivity index (χ1v) is 9.92. The highest BCUT2D eigenvalue weighted by Crippen LogP contribution is 2.29. The summed E-state index contributed by atoms with van der Waals surface area (Å²) < 4.78 is 2.01. The minimum atomic E-state index is 0.138. The summed E-state index contributed by atoms with van der Waals surface area (Å²) >= 11 is 0. The van der Waals surface area contributed by atoms with E-state index in [4.69, 9.17) is 5.10 Å². The van der Waals surface area contributed by atoms with Crippen LogP contribution < -0.4 is 0 Å². The Hall–Kier alpha value is -1.62. The average Bonchev–Trinajstić information content (AvgIpc) is 3.01. The second kappa shape index (κ2) is 8.17. The Morgan fingerprint density at radius 2 is 2.00 bits per heavy atom. The van der Waals surface area contributed by atoms with Crippen molar-refractivity contribution >= 4 is 5.91 Å². The summed E-state index contributed by atoms with van der Waals surface area (Å²) in [4.78, 5) is 17.6. The fourth-order valence-electron chi connectivity index (χ4n) is 4.41. The van der Waals surface area contributed by atoms with Crippen molar-refractivity contribution in [2.45, 2.75) is 65.0 Å². The van der Waals surface area contributed by atoms with E-state index in [1.54, 1.807) is 0 Å². The number of allylic oxidation sites excluding steroid dienone is 1. The molecule has 0 unspecified atom stereocenters. The minimum absolute atomic E-state index is 0.138. The number of fused-ring (bicyclic) bond motifs is 1. The normalized spacial score (nSPS) is 20.6. The Labute approximate surface area is 151 Å². The summed E-state index contributed by atoms with van der Waals surface area (Å²) in [5.41, 5.74) is 3.15. The largest absolute Gasteiger partial charge is 0.337 e. The third-order valence-electron chi connectivity index (χ3n) is 5.80. The van der Waals surface area contributed by atoms with E-state index in [0.717, 1.165) is 58.3 Å². The molecule has 1 saturated heterocycles. The van der Waals surface area contributed by atoms with Crippen LogP contribution in [0.15, 0.2) is 12.7 Å². The molecule has 0 spiro atoms. The molecule has 5 heteroatoms. The van der Waals surface area contributed by atoms with Crippen LogP contribution in [0.4, 0.5) is 0 Å². The van der Waals surface area contributed by atoms with Crippen molar-refractivity contribution in [3.8, 4) is 0 Å². The lowest BCUT2D eigenvalue weighted by Gasteiger charge is -2.33. The molecule has 138 valence electrons. The number of nitrogens with zero attached hydrogens (tertiary/aromatic N) is 4. The zero-order valence-electron chi connectivity index (χ0n) is 15.8. The van der Waals surface area contributed by atoms with Gasteiger partial charge in [0.05, 0.1) is 6.54 Å². The fourth-order valence-corrected chi connectivity index (χ4v) is 4.41. The zero-order chi connectivity index (χ0) is 17.8. The first-order valence-electron chi connectivity index (χ1n) is 9.92. The highest BCUT2D eigenvalue weighted by atomic mass is 16.2. The Morgan fingerprint density at radius 3 is 2.64 bits per heavy atom. The number of likely N-dealkylation sites (tertiary alicyclic amines) is 1. The van der Waals surface area contributed by atoms with Gasteiger partial charge in [0.15, 0.2) is 5.69 Å². The van der Waals surface area contributed by atoms with E-state index in [-0.39, 0.29) is 5.91 Å². The second-order valence-corrected chi connectivity index (χ2v) is 7.22. The summed E-state index contributed by atoms with van der Waals surface area (Å²) in [6.07, 6.45) is 8.44. The van der Waals surface area contributed by atoms with Gasteiger partial charge in [-0.2, -0.15) is 5.10 Å². The maximum atomic E-state index is 13.1. The Balaban J connectivity index is 1.90. The first kappa shape index (κ1) is 18.2. The topological polar surface area (TPSA) is 41.4 Å². The predicted octanol–water partition coefficient (Wildman–Crippen LogP) is 2.89. The lowest BCUT2D eigenvalue weighted by atomic mass is 9.90. The van der Waals surface area contributed by atoms with Gasteiger partial charge >= 0.3 is 0 Å². The molecule has 2 heterocycles. The van der Waals surface area contributed by atoms with Crippen LogP contribution in [-0.2, 0) is 19.4 Å². The van der Waals surface area contributed by atoms with E-state index in [9.17, 15) is 4.79 Å². The predicted molar refractivity (Wildman–Crippen MR) is 101 cm³/mol. The van der Waals surface area contributed by atoms with Crippen molar-refractivity contribution in [3.63, 3.8) is 0 Å². The van der Waals surface area contributed by atoms with Gasteiger partial charge in [-0.05, 0) is 51.6 Å². The van der Waals surface area contributed by atoms with E-state index in [1.165, 1.54) is 17.7 Å². The molecule has 1 aliphatic carbocycles. The smallest absolute Gasteiger partial charge is 0.274 e. The summed E-state index contributed by atoms with van der Waals surface area (Å²) in [5.74, 6) is 0.138. The lowest BCUT2D eigenvalue weighted by molar-refractivity contribution is 0.0715. The molecule has 25 heavy (non-hydrogen) atoms. The van der Waals surface area contributed by atoms with Crippen molar-refractivity contribution in [2.24, 2.45) is 0 Å². The van der Waals surface area contributed by atoms with Gasteiger partial charge in [-0.3, -0.25) is 9.48 Å². The number of carbonyl (C=O) groups excluding carboxylic acids is 1. The molecule has 1 aromatic rings. The number of rotatable bonds is 6. The van der Waals surface area contributed by atoms with Crippen molar-refractivity contribution in [3.05, 3.63) is 29.6 Å². The van der Waals surface area contributed by atoms with Crippen molar-refractivity contribution in [1.29, 1.82) is 0 Å². The van der Waals surface area contributed by atoms with Gasteiger partial charge in [0.2, 0.25) is 0 Å². The van der Waals surface area contributed by atoms with Crippen LogP contribution in [0.5, 0.6) is 0 Å². The van der Waals surface area contributed by atoms with Gasteiger partial charge in [0.1, 0.15) is 0 Å². The molecule has 0 N–H and O–H groups in total. The molecule has 0 radical (unpaired) electrons. The molecule has 0 bridgehead atoms. The molecule has 5 nitrogen and oxygen atoms in total. The van der Waals surface area contributed by atoms with Crippen LogP contribution in [0.25, 0.3) is 0 Å². The van der Waals surface area contributed by atoms with Crippen LogP contribution in [0, 0.1) is 0 Å². The highest BCUT2D eigenvalue weighted by molar-refractivity contribution is 5.94. The molecule has 2 aliphatic rings. The number of likely N-dealkylation sites (N-methyl/N-ethyl adjacent to an activating group) is 1. The number of carbonyl (C=O) groups is 1. The number of aromatic nitrogens is 2. The van der Waals surface area contributed by atoms with Gasteiger partial charge in [-0.1, -0.05) is 19.9 Å². The molecule has 1 aromatic heterocycles. The van der Waals surface area contributed by atoms with E-state index in [1.807, 2.05) is 15.7 Å². The van der Waals surface area contributed by atoms with Crippen molar-refractivity contribution < 1.29 is 4.79 Å². The van der Waals surface area contributed by atoms with Crippen LogP contribution in [0.2, 0.25) is 0 Å². The molecular weight excluding hydrogens is 312 g/mol. The van der Waals surface area contributed by atoms with Gasteiger partial charge in [-0.15, -0.1) is 6.58 Å². The number of amides is 1. The van der Waals surface area contributed by atoms with Crippen LogP contribution in [0.3, 0.4) is 0 Å². The Kier molecular flexibility index (Phi) is 5.94. The molecule has 1 amide bonds. The van der Waals surface area contributed by atoms with E-state index >= 15 is 0 Å². The van der Waals surface area contributed by atoms with Crippen molar-refractivity contribution in [1.82, 2.24) is 19.6 Å². The summed E-state index contributed by atoms with van der Waals surface area (Å²) in [6, 6.07) is 0.525. The molecule has 0 saturated carbocycles. The summed E-state index contributed by atoms with van der Waals surface area (Å²) in [5, 5.41) is 4.74. The molecule has 0 aromatic carbocycles. The van der Waals surface area contributed by atoms with Crippen LogP contribution in [0.1, 0.15) is 61.3 Å². The molecular formula is C20H32N4O. The molecule has 1 aliphatic heterocycles. The number of hydrogen-bond donors (Lipinski definition) is 0. The van der Waals surface area contributed by atoms with Gasteiger partial charge in [-0.25, -0.2) is 0 Å². The van der Waals surface area contributed by atoms with Crippen molar-refractivity contribution in [2.75, 3.05) is 26.2 Å². The molecule has 1 atom stereocenters. The number of hydrogen-bond acceptors (Lipinski definition) is 3. The van der Waals surface area contributed by atoms with E-state index in [0.29, 0.717) is 18.3 Å². The van der Waals surface area contributed by atoms with Gasteiger partial charge < -0.3 is 9.80 Å². The molecule has 3 rings (SSSR count). The first-order chi connectivity index (χ1) is 12.2. The maximum absolute atomic E-state index is 13.1. The third kappa shape index (κ3) is 3.66. The SMILES string of the molecule is C=CCn1nc(C(=O)N2CCCCC2)c2c1CC[C@H](N(CC)CC)C2. The van der Waals surface area contributed by atoms with Gasteiger partial charge in [0, 0.05) is 30.4 Å². The summed E-state index contributed by atoms with van der Waals surface area (Å²) in [7, 11) is 0.